The summed E-state index contributed by atoms with van der Waals surface area (Å²) in [6.45, 7) is 0. The van der Waals surface area contributed by atoms with Gasteiger partial charge >= 0.3 is 0 Å². The number of anilines is 2. The van der Waals surface area contributed by atoms with Gasteiger partial charge in [0.05, 0.1) is 11.9 Å². The van der Waals surface area contributed by atoms with Crippen LogP contribution in [-0.2, 0) is 17.8 Å². The lowest BCUT2D eigenvalue weighted by Crippen LogP contribution is -1.97. The lowest BCUT2D eigenvalue weighted by molar-refractivity contribution is 0.614. The number of aromatic nitrogens is 4. The van der Waals surface area contributed by atoms with Gasteiger partial charge in [-0.15, -0.1) is 10.2 Å². The van der Waals surface area contributed by atoms with Gasteiger partial charge in [0.1, 0.15) is 0 Å². The minimum atomic E-state index is -2.71. The summed E-state index contributed by atoms with van der Waals surface area (Å²) < 4.78 is 22.8. The minimum Gasteiger partial charge on any atom is -0.355 e. The Bertz CT molecular complexity index is 1180. The van der Waals surface area contributed by atoms with Crippen molar-refractivity contribution in [3.05, 3.63) is 72.8 Å². The quantitative estimate of drug-likeness (QED) is 0.508. The van der Waals surface area contributed by atoms with E-state index in [4.69, 9.17) is 0 Å². The van der Waals surface area contributed by atoms with E-state index in [0.29, 0.717) is 17.1 Å². The summed E-state index contributed by atoms with van der Waals surface area (Å²) in [4.78, 5) is 1.53. The standard InChI is InChI=1S/C20H17N5O2S/c1-25-23-20(22-24-25)18-13-17(28(26)27)11-12-19(18)21-16-9-7-15(8-10-16)14-5-3-2-4-6-14/h2-13,21,28H,1H3. The lowest BCUT2D eigenvalue weighted by Gasteiger charge is -2.11. The average Bonchev–Trinajstić information content (AvgIpc) is 3.15. The van der Waals surface area contributed by atoms with Crippen LogP contribution in [0, 0.1) is 0 Å². The van der Waals surface area contributed by atoms with Crippen LogP contribution in [-0.4, -0.2) is 28.6 Å². The summed E-state index contributed by atoms with van der Waals surface area (Å²) >= 11 is 0. The van der Waals surface area contributed by atoms with Gasteiger partial charge in [-0.25, -0.2) is 8.42 Å². The fourth-order valence-corrected chi connectivity index (χ4v) is 3.29. The molecule has 1 aromatic heterocycles. The molecule has 1 heterocycles. The monoisotopic (exact) mass is 391 g/mol. The zero-order chi connectivity index (χ0) is 19.5. The summed E-state index contributed by atoms with van der Waals surface area (Å²) in [7, 11) is -1.05. The van der Waals surface area contributed by atoms with Crippen molar-refractivity contribution in [1.82, 2.24) is 20.2 Å². The highest BCUT2D eigenvalue weighted by Crippen LogP contribution is 2.30. The number of hydrogen-bond acceptors (Lipinski definition) is 6. The van der Waals surface area contributed by atoms with E-state index in [1.807, 2.05) is 42.5 Å². The molecule has 4 rings (SSSR count). The van der Waals surface area contributed by atoms with Gasteiger partial charge in [0.25, 0.3) is 0 Å². The first kappa shape index (κ1) is 17.9. The molecule has 0 unspecified atom stereocenters. The molecule has 0 bridgehead atoms. The third kappa shape index (κ3) is 3.77. The van der Waals surface area contributed by atoms with Crippen LogP contribution in [0.2, 0.25) is 0 Å². The first-order chi connectivity index (χ1) is 13.6. The Kier molecular flexibility index (Phi) is 4.86. The molecule has 0 radical (unpaired) electrons. The number of nitrogens with one attached hydrogen (secondary N) is 1. The van der Waals surface area contributed by atoms with Crippen LogP contribution in [0.4, 0.5) is 11.4 Å². The third-order valence-electron chi connectivity index (χ3n) is 4.23. The van der Waals surface area contributed by atoms with Crippen molar-refractivity contribution < 1.29 is 8.42 Å². The second-order valence-electron chi connectivity index (χ2n) is 6.16. The van der Waals surface area contributed by atoms with E-state index in [9.17, 15) is 8.42 Å². The molecular formula is C20H17N5O2S. The molecule has 0 atom stereocenters. The third-order valence-corrected chi connectivity index (χ3v) is 4.93. The predicted octanol–water partition coefficient (Wildman–Crippen LogP) is 3.26. The highest BCUT2D eigenvalue weighted by Gasteiger charge is 2.13. The second kappa shape index (κ2) is 7.61. The molecule has 0 aliphatic rings. The molecule has 0 aliphatic heterocycles. The van der Waals surface area contributed by atoms with Gasteiger partial charge in [-0.3, -0.25) is 0 Å². The Balaban J connectivity index is 1.67. The second-order valence-corrected chi connectivity index (χ2v) is 7.19. The number of nitrogens with zero attached hydrogens (tertiary/aromatic N) is 4. The van der Waals surface area contributed by atoms with Crippen LogP contribution >= 0.6 is 0 Å². The molecule has 28 heavy (non-hydrogen) atoms. The Morgan fingerprint density at radius 1 is 0.893 bits per heavy atom. The fourth-order valence-electron chi connectivity index (χ4n) is 2.86. The highest BCUT2D eigenvalue weighted by atomic mass is 32.2. The summed E-state index contributed by atoms with van der Waals surface area (Å²) in [6.07, 6.45) is 0. The molecule has 0 saturated carbocycles. The van der Waals surface area contributed by atoms with E-state index in [1.54, 1.807) is 25.2 Å². The van der Waals surface area contributed by atoms with Crippen LogP contribution in [0.25, 0.3) is 22.5 Å². The first-order valence-corrected chi connectivity index (χ1v) is 9.73. The van der Waals surface area contributed by atoms with Gasteiger partial charge in [-0.2, -0.15) is 4.80 Å². The zero-order valence-corrected chi connectivity index (χ0v) is 15.9. The van der Waals surface area contributed by atoms with Gasteiger partial charge in [0.15, 0.2) is 10.7 Å². The molecule has 7 nitrogen and oxygen atoms in total. The molecule has 140 valence electrons. The van der Waals surface area contributed by atoms with Crippen LogP contribution in [0.15, 0.2) is 77.7 Å². The molecule has 1 N–H and O–H groups in total. The van der Waals surface area contributed by atoms with E-state index in [2.05, 4.69) is 32.9 Å². The number of aryl methyl sites for hydroxylation is 1. The van der Waals surface area contributed by atoms with Crippen molar-refractivity contribution in [2.75, 3.05) is 5.32 Å². The lowest BCUT2D eigenvalue weighted by atomic mass is 10.1. The first-order valence-electron chi connectivity index (χ1n) is 8.55. The van der Waals surface area contributed by atoms with Gasteiger partial charge in [0, 0.05) is 16.9 Å². The number of thiol groups is 1. The molecule has 0 aliphatic carbocycles. The SMILES string of the molecule is Cn1nnc(-c2cc([SH](=O)=O)ccc2Nc2ccc(-c3ccccc3)cc2)n1. The van der Waals surface area contributed by atoms with E-state index in [1.165, 1.54) is 4.80 Å². The van der Waals surface area contributed by atoms with Crippen molar-refractivity contribution in [2.24, 2.45) is 7.05 Å². The molecule has 3 aromatic carbocycles. The molecule has 0 saturated heterocycles. The smallest absolute Gasteiger partial charge is 0.207 e. The number of hydrogen-bond donors (Lipinski definition) is 2. The maximum absolute atomic E-state index is 11.4. The van der Waals surface area contributed by atoms with E-state index in [0.717, 1.165) is 16.8 Å². The van der Waals surface area contributed by atoms with E-state index >= 15 is 0 Å². The summed E-state index contributed by atoms with van der Waals surface area (Å²) in [6, 6.07) is 22.9. The topological polar surface area (TPSA) is 89.8 Å². The predicted molar refractivity (Wildman–Crippen MR) is 108 cm³/mol. The summed E-state index contributed by atoms with van der Waals surface area (Å²) in [5.74, 6) is 0.351. The van der Waals surface area contributed by atoms with Gasteiger partial charge in [-0.1, -0.05) is 42.5 Å². The Morgan fingerprint density at radius 3 is 2.25 bits per heavy atom. The summed E-state index contributed by atoms with van der Waals surface area (Å²) in [5, 5.41) is 15.4. The molecule has 8 heteroatoms. The molecule has 0 spiro atoms. The molecule has 4 aromatic rings. The Morgan fingerprint density at radius 2 is 1.61 bits per heavy atom. The van der Waals surface area contributed by atoms with Crippen LogP contribution in [0.1, 0.15) is 0 Å². The molecule has 0 fully saturated rings. The van der Waals surface area contributed by atoms with Crippen molar-refractivity contribution >= 4 is 22.1 Å². The van der Waals surface area contributed by atoms with E-state index < -0.39 is 10.7 Å². The molecule has 0 amide bonds. The largest absolute Gasteiger partial charge is 0.355 e. The van der Waals surface area contributed by atoms with Crippen LogP contribution in [0.3, 0.4) is 0 Å². The number of benzene rings is 3. The van der Waals surface area contributed by atoms with Crippen LogP contribution < -0.4 is 5.32 Å². The normalized spacial score (nSPS) is 10.9. The van der Waals surface area contributed by atoms with Gasteiger partial charge in [-0.05, 0) is 46.7 Å². The minimum absolute atomic E-state index is 0.197. The number of tetrazole rings is 1. The van der Waals surface area contributed by atoms with Crippen molar-refractivity contribution in [1.29, 1.82) is 0 Å². The van der Waals surface area contributed by atoms with Crippen molar-refractivity contribution in [3.8, 4) is 22.5 Å². The van der Waals surface area contributed by atoms with Crippen LogP contribution in [0.5, 0.6) is 0 Å². The molecular weight excluding hydrogens is 374 g/mol. The summed E-state index contributed by atoms with van der Waals surface area (Å²) in [5.41, 5.74) is 4.38. The fraction of sp³-hybridized carbons (Fsp3) is 0.0500. The van der Waals surface area contributed by atoms with Gasteiger partial charge in [0.2, 0.25) is 5.82 Å². The zero-order valence-electron chi connectivity index (χ0n) is 15.0. The Hall–Kier alpha value is -3.52. The number of rotatable bonds is 5. The maximum Gasteiger partial charge on any atom is 0.207 e. The van der Waals surface area contributed by atoms with Crippen molar-refractivity contribution in [2.45, 2.75) is 4.90 Å². The highest BCUT2D eigenvalue weighted by molar-refractivity contribution is 7.72. The van der Waals surface area contributed by atoms with Gasteiger partial charge < -0.3 is 5.32 Å². The van der Waals surface area contributed by atoms with Crippen molar-refractivity contribution in [3.63, 3.8) is 0 Å². The maximum atomic E-state index is 11.4. The van der Waals surface area contributed by atoms with E-state index in [-0.39, 0.29) is 4.90 Å². The Labute approximate surface area is 163 Å². The average molecular weight is 391 g/mol.